The molecule has 1 heterocycles. The molecule has 1 N–H and O–H groups in total. The normalized spacial score (nSPS) is 10.7. The van der Waals surface area contributed by atoms with Gasteiger partial charge in [0.05, 0.1) is 25.7 Å². The zero-order chi connectivity index (χ0) is 21.5. The highest BCUT2D eigenvalue weighted by Crippen LogP contribution is 2.27. The van der Waals surface area contributed by atoms with Crippen LogP contribution in [0.4, 0.5) is 0 Å². The molecule has 9 heteroatoms. The second kappa shape index (κ2) is 10.1. The summed E-state index contributed by atoms with van der Waals surface area (Å²) in [5.74, 6) is 1.52. The lowest BCUT2D eigenvalue weighted by molar-refractivity contribution is -0.118. The molecule has 0 bridgehead atoms. The number of rotatable bonds is 9. The minimum Gasteiger partial charge on any atom is -0.493 e. The highest BCUT2D eigenvalue weighted by atomic mass is 32.2. The van der Waals surface area contributed by atoms with Crippen LogP contribution in [-0.2, 0) is 11.2 Å². The minimum absolute atomic E-state index is 0.0727. The summed E-state index contributed by atoms with van der Waals surface area (Å²) in [4.78, 5) is 12.3. The number of nitrogens with one attached hydrogen (secondary N) is 1. The van der Waals surface area contributed by atoms with Gasteiger partial charge in [-0.3, -0.25) is 4.79 Å². The predicted octanol–water partition coefficient (Wildman–Crippen LogP) is 2.75. The molecule has 30 heavy (non-hydrogen) atoms. The summed E-state index contributed by atoms with van der Waals surface area (Å²) in [7, 11) is 3.21. The van der Waals surface area contributed by atoms with Crippen LogP contribution >= 0.6 is 11.8 Å². The van der Waals surface area contributed by atoms with E-state index in [0.29, 0.717) is 29.6 Å². The average molecular weight is 428 g/mol. The molecule has 3 aromatic rings. The largest absolute Gasteiger partial charge is 0.493 e. The van der Waals surface area contributed by atoms with Gasteiger partial charge in [0.15, 0.2) is 11.5 Å². The Kier molecular flexibility index (Phi) is 7.29. The third-order valence-electron chi connectivity index (χ3n) is 4.61. The van der Waals surface area contributed by atoms with Crippen molar-refractivity contribution in [1.29, 1.82) is 0 Å². The highest BCUT2D eigenvalue weighted by molar-refractivity contribution is 7.99. The molecule has 0 saturated heterocycles. The Morgan fingerprint density at radius 2 is 1.83 bits per heavy atom. The van der Waals surface area contributed by atoms with E-state index in [9.17, 15) is 4.79 Å². The van der Waals surface area contributed by atoms with Crippen LogP contribution in [0.15, 0.2) is 41.6 Å². The first kappa shape index (κ1) is 21.6. The zero-order valence-corrected chi connectivity index (χ0v) is 18.3. The van der Waals surface area contributed by atoms with E-state index in [1.165, 1.54) is 11.8 Å². The number of nitrogens with zero attached hydrogens (tertiary/aromatic N) is 4. The second-order valence-electron chi connectivity index (χ2n) is 6.69. The molecule has 1 aromatic heterocycles. The third kappa shape index (κ3) is 5.10. The molecular formula is C21H25N5O3S. The Hall–Kier alpha value is -3.07. The van der Waals surface area contributed by atoms with E-state index in [1.807, 2.05) is 50.2 Å². The van der Waals surface area contributed by atoms with Gasteiger partial charge in [-0.1, -0.05) is 36.0 Å². The standard InChI is InChI=1S/C21H25N5O3S/c1-14-6-5-7-15(2)20(14)26-21(23-24-25-26)30-13-19(27)22-11-10-16-8-9-17(28-3)18(12-16)29-4/h5-9,12H,10-11,13H2,1-4H3,(H,22,27). The van der Waals surface area contributed by atoms with Crippen molar-refractivity contribution in [3.05, 3.63) is 53.1 Å². The number of tetrazole rings is 1. The summed E-state index contributed by atoms with van der Waals surface area (Å²) >= 11 is 1.31. The fourth-order valence-corrected chi connectivity index (χ4v) is 3.82. The van der Waals surface area contributed by atoms with Crippen LogP contribution < -0.4 is 14.8 Å². The van der Waals surface area contributed by atoms with Gasteiger partial charge >= 0.3 is 0 Å². The van der Waals surface area contributed by atoms with Crippen molar-refractivity contribution in [1.82, 2.24) is 25.5 Å². The molecule has 0 aliphatic heterocycles. The first-order valence-corrected chi connectivity index (χ1v) is 10.5. The Balaban J connectivity index is 1.53. The van der Waals surface area contributed by atoms with Crippen LogP contribution in [0.2, 0.25) is 0 Å². The van der Waals surface area contributed by atoms with Crippen molar-refractivity contribution in [3.8, 4) is 17.2 Å². The first-order valence-electron chi connectivity index (χ1n) is 9.49. The minimum atomic E-state index is -0.0727. The number of methoxy groups -OCH3 is 2. The molecule has 8 nitrogen and oxygen atoms in total. The van der Waals surface area contributed by atoms with Crippen molar-refractivity contribution in [2.75, 3.05) is 26.5 Å². The van der Waals surface area contributed by atoms with Crippen LogP contribution in [-0.4, -0.2) is 52.6 Å². The number of aromatic nitrogens is 4. The van der Waals surface area contributed by atoms with E-state index in [4.69, 9.17) is 9.47 Å². The van der Waals surface area contributed by atoms with Gasteiger partial charge in [0.25, 0.3) is 0 Å². The summed E-state index contributed by atoms with van der Waals surface area (Å²) < 4.78 is 12.2. The molecule has 1 amide bonds. The van der Waals surface area contributed by atoms with Crippen molar-refractivity contribution >= 4 is 17.7 Å². The van der Waals surface area contributed by atoms with Crippen molar-refractivity contribution in [2.45, 2.75) is 25.4 Å². The van der Waals surface area contributed by atoms with Crippen molar-refractivity contribution < 1.29 is 14.3 Å². The maximum atomic E-state index is 12.3. The fraction of sp³-hybridized carbons (Fsp3) is 0.333. The molecule has 0 atom stereocenters. The summed E-state index contributed by atoms with van der Waals surface area (Å²) in [6.45, 7) is 4.55. The van der Waals surface area contributed by atoms with E-state index in [0.717, 1.165) is 22.4 Å². The third-order valence-corrected chi connectivity index (χ3v) is 5.53. The van der Waals surface area contributed by atoms with Crippen LogP contribution in [0.25, 0.3) is 5.69 Å². The topological polar surface area (TPSA) is 91.2 Å². The number of carbonyl (C=O) groups excluding carboxylic acids is 1. The van der Waals surface area contributed by atoms with Gasteiger partial charge in [-0.2, -0.15) is 4.68 Å². The van der Waals surface area contributed by atoms with Gasteiger partial charge in [-0.15, -0.1) is 5.10 Å². The van der Waals surface area contributed by atoms with Crippen molar-refractivity contribution in [3.63, 3.8) is 0 Å². The van der Waals surface area contributed by atoms with E-state index in [2.05, 4.69) is 20.8 Å². The second-order valence-corrected chi connectivity index (χ2v) is 7.63. The van der Waals surface area contributed by atoms with Gasteiger partial charge in [-0.25, -0.2) is 0 Å². The molecule has 0 radical (unpaired) electrons. The average Bonchev–Trinajstić information content (AvgIpc) is 3.20. The van der Waals surface area contributed by atoms with Gasteiger partial charge < -0.3 is 14.8 Å². The molecule has 0 spiro atoms. The maximum absolute atomic E-state index is 12.3. The number of hydrogen-bond acceptors (Lipinski definition) is 7. The van der Waals surface area contributed by atoms with Gasteiger partial charge in [-0.05, 0) is 59.5 Å². The van der Waals surface area contributed by atoms with Crippen LogP contribution in [0.1, 0.15) is 16.7 Å². The Labute approximate surface area is 180 Å². The SMILES string of the molecule is COc1ccc(CCNC(=O)CSc2nnnn2-c2c(C)cccc2C)cc1OC. The predicted molar refractivity (Wildman–Crippen MR) is 116 cm³/mol. The lowest BCUT2D eigenvalue weighted by atomic mass is 10.1. The Morgan fingerprint density at radius 1 is 1.10 bits per heavy atom. The number of benzene rings is 2. The number of ether oxygens (including phenoxy) is 2. The first-order chi connectivity index (χ1) is 14.5. The Morgan fingerprint density at radius 3 is 2.53 bits per heavy atom. The monoisotopic (exact) mass is 427 g/mol. The fourth-order valence-electron chi connectivity index (χ4n) is 3.11. The molecule has 2 aromatic carbocycles. The van der Waals surface area contributed by atoms with Crippen LogP contribution in [0.5, 0.6) is 11.5 Å². The lowest BCUT2D eigenvalue weighted by Crippen LogP contribution is -2.27. The number of para-hydroxylation sites is 1. The molecular weight excluding hydrogens is 402 g/mol. The number of carbonyl (C=O) groups is 1. The molecule has 158 valence electrons. The van der Waals surface area contributed by atoms with Gasteiger partial charge in [0.2, 0.25) is 11.1 Å². The summed E-state index contributed by atoms with van der Waals surface area (Å²) in [5, 5.41) is 15.5. The molecule has 0 unspecified atom stereocenters. The number of amides is 1. The van der Waals surface area contributed by atoms with Crippen molar-refractivity contribution in [2.24, 2.45) is 0 Å². The van der Waals surface area contributed by atoms with Crippen LogP contribution in [0.3, 0.4) is 0 Å². The number of aryl methyl sites for hydroxylation is 2. The lowest BCUT2D eigenvalue weighted by Gasteiger charge is -2.11. The Bertz CT molecular complexity index is 1000. The van der Waals surface area contributed by atoms with Crippen LogP contribution in [0, 0.1) is 13.8 Å². The van der Waals surface area contributed by atoms with E-state index >= 15 is 0 Å². The molecule has 0 aliphatic rings. The molecule has 0 aliphatic carbocycles. The number of thioether (sulfide) groups is 1. The molecule has 0 fully saturated rings. The number of hydrogen-bond donors (Lipinski definition) is 1. The maximum Gasteiger partial charge on any atom is 0.230 e. The quantitative estimate of drug-likeness (QED) is 0.525. The summed E-state index contributed by atoms with van der Waals surface area (Å²) in [6.07, 6.45) is 0.691. The van der Waals surface area contributed by atoms with Gasteiger partial charge in [0.1, 0.15) is 0 Å². The molecule has 3 rings (SSSR count). The van der Waals surface area contributed by atoms with E-state index in [-0.39, 0.29) is 11.7 Å². The zero-order valence-electron chi connectivity index (χ0n) is 17.5. The molecule has 0 saturated carbocycles. The smallest absolute Gasteiger partial charge is 0.230 e. The summed E-state index contributed by atoms with van der Waals surface area (Å²) in [6, 6.07) is 11.8. The van der Waals surface area contributed by atoms with E-state index < -0.39 is 0 Å². The van der Waals surface area contributed by atoms with E-state index in [1.54, 1.807) is 18.9 Å². The highest BCUT2D eigenvalue weighted by Gasteiger charge is 2.14. The summed E-state index contributed by atoms with van der Waals surface area (Å²) in [5.41, 5.74) is 4.14. The van der Waals surface area contributed by atoms with Gasteiger partial charge in [0, 0.05) is 6.54 Å².